The summed E-state index contributed by atoms with van der Waals surface area (Å²) >= 11 is 0.149. The molecule has 6 nitrogen and oxygen atoms in total. The Balaban J connectivity index is -0.000000450. The van der Waals surface area contributed by atoms with Crippen molar-refractivity contribution in [2.45, 2.75) is 158 Å². The largest absolute Gasteiger partial charge is 0.481 e. The Hall–Kier alpha value is -0.791. The van der Waals surface area contributed by atoms with Crippen LogP contribution < -0.4 is 0 Å². The summed E-state index contributed by atoms with van der Waals surface area (Å²) < 4.78 is 3.25. The summed E-state index contributed by atoms with van der Waals surface area (Å²) in [6, 6.07) is 0. The van der Waals surface area contributed by atoms with Crippen LogP contribution in [0.3, 0.4) is 0 Å². The van der Waals surface area contributed by atoms with E-state index in [0.29, 0.717) is 19.3 Å². The van der Waals surface area contributed by atoms with Crippen molar-refractivity contribution >= 4 is 39.1 Å². The fraction of sp³-hybridized carbons (Fsp3) is 0.893. The molecule has 7 heteroatoms. The molecule has 0 heterocycles. The molecule has 0 saturated carbocycles. The molecule has 208 valence electrons. The first-order chi connectivity index (χ1) is 16.8. The number of hydrogen-bond donors (Lipinski definition) is 3. The van der Waals surface area contributed by atoms with Crippen LogP contribution in [0.25, 0.3) is 0 Å². The molecule has 35 heavy (non-hydrogen) atoms. The number of rotatable bonds is 23. The molecule has 0 aromatic heterocycles. The van der Waals surface area contributed by atoms with Gasteiger partial charge in [0, 0.05) is 19.3 Å². The third kappa shape index (κ3) is 50.9. The molecule has 0 aromatic carbocycles. The quantitative estimate of drug-likeness (QED) is 0.0792. The Bertz CT molecular complexity index is 433. The summed E-state index contributed by atoms with van der Waals surface area (Å²) in [6.07, 6.45) is 20.6. The van der Waals surface area contributed by atoms with Gasteiger partial charge < -0.3 is 15.3 Å². The molecule has 0 saturated heterocycles. The summed E-state index contributed by atoms with van der Waals surface area (Å²) in [4.78, 5) is 30.3. The van der Waals surface area contributed by atoms with Crippen LogP contribution in [0, 0.1) is 0 Å². The van der Waals surface area contributed by atoms with Gasteiger partial charge in [-0.25, -0.2) is 0 Å². The smallest absolute Gasteiger partial charge is 0.303 e. The Labute approximate surface area is 226 Å². The average Bonchev–Trinajstić information content (AvgIpc) is 2.80. The zero-order chi connectivity index (χ0) is 27.0. The van der Waals surface area contributed by atoms with Crippen LogP contribution in [0.1, 0.15) is 149 Å². The summed E-state index contributed by atoms with van der Waals surface area (Å²) in [5.41, 5.74) is 0. The molecule has 0 aromatic rings. The number of carboxylic acids is 3. The van der Waals surface area contributed by atoms with Gasteiger partial charge in [0.15, 0.2) is 0 Å². The molecule has 0 aliphatic rings. The monoisotopic (exact) mass is 608 g/mol. The maximum atomic E-state index is 10.2. The molecule has 3 N–H and O–H groups in total. The normalized spacial score (nSPS) is 10.0. The third-order valence-electron chi connectivity index (χ3n) is 5.44. The molecular formula is C28H56O6Sn. The number of unbranched alkanes of at least 4 members (excludes halogenated alkanes) is 13. The maximum Gasteiger partial charge on any atom is 0.303 e. The Morgan fingerprint density at radius 2 is 0.686 bits per heavy atom. The van der Waals surface area contributed by atoms with Crippen LogP contribution in [-0.2, 0) is 14.4 Å². The van der Waals surface area contributed by atoms with Crippen molar-refractivity contribution in [2.24, 2.45) is 0 Å². The van der Waals surface area contributed by atoms with Crippen molar-refractivity contribution in [3.8, 4) is 0 Å². The minimum Gasteiger partial charge on any atom is -0.481 e. The number of carboxylic acid groups (broad SMARTS) is 3. The van der Waals surface area contributed by atoms with Crippen LogP contribution in [0.2, 0.25) is 8.87 Å². The van der Waals surface area contributed by atoms with Crippen molar-refractivity contribution in [3.63, 3.8) is 0 Å². The Morgan fingerprint density at radius 1 is 0.429 bits per heavy atom. The molecule has 0 aliphatic heterocycles. The molecule has 0 amide bonds. The Kier molecular flexibility index (Phi) is 39.1. The van der Waals surface area contributed by atoms with E-state index >= 15 is 0 Å². The van der Waals surface area contributed by atoms with E-state index in [1.54, 1.807) is 8.87 Å². The summed E-state index contributed by atoms with van der Waals surface area (Å²) in [7, 11) is 0. The van der Waals surface area contributed by atoms with Gasteiger partial charge in [-0.15, -0.1) is 0 Å². The van der Waals surface area contributed by atoms with Crippen LogP contribution >= 0.6 is 0 Å². The van der Waals surface area contributed by atoms with E-state index in [9.17, 15) is 14.4 Å². The van der Waals surface area contributed by atoms with Gasteiger partial charge in [-0.3, -0.25) is 14.4 Å². The van der Waals surface area contributed by atoms with Gasteiger partial charge in [0.25, 0.3) is 0 Å². The molecule has 2 radical (unpaired) electrons. The molecule has 0 spiro atoms. The van der Waals surface area contributed by atoms with Gasteiger partial charge in [-0.2, -0.15) is 0 Å². The van der Waals surface area contributed by atoms with Crippen molar-refractivity contribution in [3.05, 3.63) is 0 Å². The van der Waals surface area contributed by atoms with Gasteiger partial charge in [0.2, 0.25) is 0 Å². The molecular weight excluding hydrogens is 551 g/mol. The van der Waals surface area contributed by atoms with Crippen LogP contribution in [-0.4, -0.2) is 54.4 Å². The van der Waals surface area contributed by atoms with E-state index in [-0.39, 0.29) is 34.0 Å². The molecule has 0 unspecified atom stereocenters. The molecule has 0 aliphatic carbocycles. The minimum absolute atomic E-state index is 0.149. The first-order valence-corrected chi connectivity index (χ1v) is 18.2. The van der Waals surface area contributed by atoms with Crippen molar-refractivity contribution in [2.75, 3.05) is 0 Å². The van der Waals surface area contributed by atoms with Crippen molar-refractivity contribution in [1.82, 2.24) is 0 Å². The SMILES string of the molecule is CCCCCCCCCCCC(=O)O.CCC[CH2][Sn][CH2]CCC.O=C(O)CCCCCCC(=O)O. The molecule has 0 atom stereocenters. The van der Waals surface area contributed by atoms with E-state index in [1.807, 2.05) is 0 Å². The first-order valence-electron chi connectivity index (χ1n) is 14.2. The van der Waals surface area contributed by atoms with E-state index in [0.717, 1.165) is 25.7 Å². The number of hydrogen-bond acceptors (Lipinski definition) is 3. The second-order valence-electron chi connectivity index (χ2n) is 9.13. The zero-order valence-corrected chi connectivity index (χ0v) is 26.0. The maximum absolute atomic E-state index is 10.2. The second-order valence-corrected chi connectivity index (χ2v) is 13.4. The fourth-order valence-electron chi connectivity index (χ4n) is 3.22. The number of aliphatic carboxylic acids is 3. The molecule has 0 fully saturated rings. The molecule has 0 bridgehead atoms. The molecule has 0 rings (SSSR count). The van der Waals surface area contributed by atoms with E-state index in [4.69, 9.17) is 15.3 Å². The zero-order valence-electron chi connectivity index (χ0n) is 23.1. The van der Waals surface area contributed by atoms with Gasteiger partial charge in [-0.1, -0.05) is 71.1 Å². The summed E-state index contributed by atoms with van der Waals surface area (Å²) in [6.45, 7) is 6.81. The third-order valence-corrected chi connectivity index (χ3v) is 9.48. The predicted molar refractivity (Wildman–Crippen MR) is 148 cm³/mol. The van der Waals surface area contributed by atoms with Crippen LogP contribution in [0.5, 0.6) is 0 Å². The van der Waals surface area contributed by atoms with Crippen LogP contribution in [0.15, 0.2) is 0 Å². The predicted octanol–water partition coefficient (Wildman–Crippen LogP) is 8.62. The van der Waals surface area contributed by atoms with Crippen molar-refractivity contribution in [1.29, 1.82) is 0 Å². The van der Waals surface area contributed by atoms with E-state index in [2.05, 4.69) is 20.8 Å². The van der Waals surface area contributed by atoms with Crippen molar-refractivity contribution < 1.29 is 29.7 Å². The summed E-state index contributed by atoms with van der Waals surface area (Å²) in [5, 5.41) is 24.9. The average molecular weight is 607 g/mol. The standard InChI is InChI=1S/C12H24O2.C8H14O4.2C4H9.Sn/c1-2-3-4-5-6-7-8-9-10-11-12(13)14;9-7(10)5-3-1-2-4-6-8(11)12;2*1-3-4-2;/h2-11H2,1H3,(H,13,14);1-6H2,(H,9,10)(H,11,12);2*1,3-4H2,2H3;. The van der Waals surface area contributed by atoms with Gasteiger partial charge in [-0.05, 0) is 19.3 Å². The number of carbonyl (C=O) groups is 3. The minimum atomic E-state index is -0.784. The first kappa shape index (κ1) is 38.7. The van der Waals surface area contributed by atoms with Crippen LogP contribution in [0.4, 0.5) is 0 Å². The summed E-state index contributed by atoms with van der Waals surface area (Å²) in [5.74, 6) is -2.23. The topological polar surface area (TPSA) is 112 Å². The van der Waals surface area contributed by atoms with Gasteiger partial charge in [0.1, 0.15) is 0 Å². The fourth-order valence-corrected chi connectivity index (χ4v) is 7.38. The van der Waals surface area contributed by atoms with Gasteiger partial charge >= 0.3 is 87.5 Å². The van der Waals surface area contributed by atoms with E-state index < -0.39 is 17.9 Å². The second kappa shape index (κ2) is 35.4. The Morgan fingerprint density at radius 3 is 0.943 bits per heavy atom. The van der Waals surface area contributed by atoms with E-state index in [1.165, 1.54) is 70.6 Å². The van der Waals surface area contributed by atoms with Gasteiger partial charge in [0.05, 0.1) is 0 Å².